The molecule has 1 aromatic carbocycles. The Morgan fingerprint density at radius 2 is 2.05 bits per heavy atom. The van der Waals surface area contributed by atoms with Gasteiger partial charge >= 0.3 is 5.69 Å². The molecule has 0 aliphatic rings. The molecule has 21 heavy (non-hydrogen) atoms. The van der Waals surface area contributed by atoms with Gasteiger partial charge in [-0.05, 0) is 24.6 Å². The Hall–Kier alpha value is -2.22. The number of halogens is 1. The van der Waals surface area contributed by atoms with Crippen LogP contribution in [0.1, 0.15) is 12.5 Å². The van der Waals surface area contributed by atoms with Gasteiger partial charge in [0.2, 0.25) is 5.82 Å². The molecular weight excluding hydrogens is 340 g/mol. The number of hydrogen-bond donors (Lipinski definition) is 1. The zero-order valence-corrected chi connectivity index (χ0v) is 12.8. The average molecular weight is 353 g/mol. The summed E-state index contributed by atoms with van der Waals surface area (Å²) in [6, 6.07) is 7.47. The molecule has 0 saturated heterocycles. The summed E-state index contributed by atoms with van der Waals surface area (Å²) in [5, 5.41) is 14.0. The van der Waals surface area contributed by atoms with E-state index in [1.54, 1.807) is 0 Å². The molecule has 110 valence electrons. The van der Waals surface area contributed by atoms with Crippen LogP contribution < -0.4 is 10.1 Å². The van der Waals surface area contributed by atoms with Crippen LogP contribution in [-0.2, 0) is 6.61 Å². The summed E-state index contributed by atoms with van der Waals surface area (Å²) < 4.78 is 6.42. The molecule has 1 N–H and O–H groups in total. The van der Waals surface area contributed by atoms with E-state index in [1.165, 1.54) is 6.33 Å². The highest BCUT2D eigenvalue weighted by Gasteiger charge is 2.24. The number of ether oxygens (including phenoxy) is 1. The first-order chi connectivity index (χ1) is 10.1. The SMILES string of the molecule is CCNc1ncnc(OCc2ccc(Br)cc2)c1[N+](=O)[O-]. The van der Waals surface area contributed by atoms with Crippen molar-refractivity contribution in [3.63, 3.8) is 0 Å². The second kappa shape index (κ2) is 6.98. The summed E-state index contributed by atoms with van der Waals surface area (Å²) in [4.78, 5) is 18.3. The maximum absolute atomic E-state index is 11.2. The van der Waals surface area contributed by atoms with Gasteiger partial charge in [0.15, 0.2) is 0 Å². The first-order valence-corrected chi connectivity index (χ1v) is 7.01. The van der Waals surface area contributed by atoms with E-state index in [4.69, 9.17) is 4.74 Å². The van der Waals surface area contributed by atoms with Crippen LogP contribution in [-0.4, -0.2) is 21.4 Å². The van der Waals surface area contributed by atoms with Crippen LogP contribution in [0.2, 0.25) is 0 Å². The maximum Gasteiger partial charge on any atom is 0.372 e. The molecular formula is C13H13BrN4O3. The molecule has 1 heterocycles. The van der Waals surface area contributed by atoms with Gasteiger partial charge in [-0.2, -0.15) is 4.98 Å². The van der Waals surface area contributed by atoms with E-state index in [9.17, 15) is 10.1 Å². The molecule has 7 nitrogen and oxygen atoms in total. The molecule has 2 rings (SSSR count). The lowest BCUT2D eigenvalue weighted by Gasteiger charge is -2.08. The Morgan fingerprint density at radius 3 is 2.67 bits per heavy atom. The largest absolute Gasteiger partial charge is 0.468 e. The normalized spacial score (nSPS) is 10.2. The van der Waals surface area contributed by atoms with E-state index in [2.05, 4.69) is 31.2 Å². The third-order valence-electron chi connectivity index (χ3n) is 2.60. The van der Waals surface area contributed by atoms with E-state index >= 15 is 0 Å². The lowest BCUT2D eigenvalue weighted by atomic mass is 10.2. The van der Waals surface area contributed by atoms with Crippen LogP contribution in [0.3, 0.4) is 0 Å². The van der Waals surface area contributed by atoms with Gasteiger partial charge in [-0.15, -0.1) is 0 Å². The van der Waals surface area contributed by atoms with Gasteiger partial charge in [-0.3, -0.25) is 10.1 Å². The minimum Gasteiger partial charge on any atom is -0.468 e. The number of nitrogens with zero attached hydrogens (tertiary/aromatic N) is 3. The molecule has 0 unspecified atom stereocenters. The van der Waals surface area contributed by atoms with Crippen molar-refractivity contribution in [1.29, 1.82) is 0 Å². The molecule has 0 bridgehead atoms. The van der Waals surface area contributed by atoms with Crippen molar-refractivity contribution < 1.29 is 9.66 Å². The zero-order valence-electron chi connectivity index (χ0n) is 11.2. The maximum atomic E-state index is 11.2. The zero-order chi connectivity index (χ0) is 15.2. The molecule has 0 amide bonds. The van der Waals surface area contributed by atoms with Crippen molar-refractivity contribution in [2.45, 2.75) is 13.5 Å². The standard InChI is InChI=1S/C13H13BrN4O3/c1-2-15-12-11(18(19)20)13(17-8-16-12)21-7-9-3-5-10(14)6-4-9/h3-6,8H,2,7H2,1H3,(H,15,16,17). The highest BCUT2D eigenvalue weighted by molar-refractivity contribution is 9.10. The third kappa shape index (κ3) is 3.88. The third-order valence-corrected chi connectivity index (χ3v) is 3.13. The number of nitro groups is 1. The Kier molecular flexibility index (Phi) is 5.04. The Balaban J connectivity index is 2.21. The van der Waals surface area contributed by atoms with Gasteiger partial charge in [0.25, 0.3) is 5.88 Å². The van der Waals surface area contributed by atoms with Crippen molar-refractivity contribution >= 4 is 27.4 Å². The number of rotatable bonds is 6. The monoisotopic (exact) mass is 352 g/mol. The second-order valence-corrected chi connectivity index (χ2v) is 4.99. The first kappa shape index (κ1) is 15.2. The minimum absolute atomic E-state index is 0.0473. The van der Waals surface area contributed by atoms with Crippen LogP contribution in [0, 0.1) is 10.1 Å². The Labute approximate surface area is 129 Å². The van der Waals surface area contributed by atoms with Crippen LogP contribution in [0.5, 0.6) is 5.88 Å². The van der Waals surface area contributed by atoms with Crippen LogP contribution in [0.25, 0.3) is 0 Å². The molecule has 8 heteroatoms. The molecule has 0 radical (unpaired) electrons. The smallest absolute Gasteiger partial charge is 0.372 e. The Morgan fingerprint density at radius 1 is 1.33 bits per heavy atom. The lowest BCUT2D eigenvalue weighted by Crippen LogP contribution is -2.07. The summed E-state index contributed by atoms with van der Waals surface area (Å²) in [6.45, 7) is 2.54. The molecule has 0 aliphatic heterocycles. The van der Waals surface area contributed by atoms with E-state index < -0.39 is 4.92 Å². The topological polar surface area (TPSA) is 90.2 Å². The van der Waals surface area contributed by atoms with Crippen molar-refractivity contribution in [3.8, 4) is 5.88 Å². The second-order valence-electron chi connectivity index (χ2n) is 4.08. The molecule has 1 aromatic heterocycles. The van der Waals surface area contributed by atoms with Crippen LogP contribution in [0.4, 0.5) is 11.5 Å². The Bertz CT molecular complexity index is 634. The predicted octanol–water partition coefficient (Wildman–Crippen LogP) is 3.16. The lowest BCUT2D eigenvalue weighted by molar-refractivity contribution is -0.385. The van der Waals surface area contributed by atoms with E-state index in [0.717, 1.165) is 10.0 Å². The molecule has 0 saturated carbocycles. The molecule has 0 fully saturated rings. The van der Waals surface area contributed by atoms with E-state index in [0.29, 0.717) is 6.54 Å². The van der Waals surface area contributed by atoms with Gasteiger partial charge in [-0.25, -0.2) is 4.98 Å². The van der Waals surface area contributed by atoms with Gasteiger partial charge in [0.05, 0.1) is 4.92 Å². The van der Waals surface area contributed by atoms with Gasteiger partial charge in [-0.1, -0.05) is 28.1 Å². The number of anilines is 1. The molecule has 0 spiro atoms. The fraction of sp³-hybridized carbons (Fsp3) is 0.231. The molecule has 0 atom stereocenters. The minimum atomic E-state index is -0.547. The number of hydrogen-bond acceptors (Lipinski definition) is 6. The highest BCUT2D eigenvalue weighted by Crippen LogP contribution is 2.31. The summed E-state index contributed by atoms with van der Waals surface area (Å²) in [5.74, 6) is 0.108. The van der Waals surface area contributed by atoms with Gasteiger partial charge < -0.3 is 10.1 Å². The number of nitrogens with one attached hydrogen (secondary N) is 1. The predicted molar refractivity (Wildman–Crippen MR) is 81.3 cm³/mol. The fourth-order valence-corrected chi connectivity index (χ4v) is 1.93. The van der Waals surface area contributed by atoms with Crippen LogP contribution >= 0.6 is 15.9 Å². The van der Waals surface area contributed by atoms with Gasteiger partial charge in [0.1, 0.15) is 12.9 Å². The quantitative estimate of drug-likeness (QED) is 0.634. The van der Waals surface area contributed by atoms with Crippen LogP contribution in [0.15, 0.2) is 35.1 Å². The molecule has 2 aromatic rings. The fourth-order valence-electron chi connectivity index (χ4n) is 1.66. The van der Waals surface area contributed by atoms with Gasteiger partial charge in [0, 0.05) is 11.0 Å². The average Bonchev–Trinajstić information content (AvgIpc) is 2.47. The number of aromatic nitrogens is 2. The summed E-state index contributed by atoms with van der Waals surface area (Å²) in [7, 11) is 0. The summed E-state index contributed by atoms with van der Waals surface area (Å²) in [5.41, 5.74) is 0.632. The van der Waals surface area contributed by atoms with Crippen molar-refractivity contribution in [2.75, 3.05) is 11.9 Å². The number of benzene rings is 1. The van der Waals surface area contributed by atoms with E-state index in [-0.39, 0.29) is 24.0 Å². The van der Waals surface area contributed by atoms with Crippen molar-refractivity contribution in [2.24, 2.45) is 0 Å². The highest BCUT2D eigenvalue weighted by atomic mass is 79.9. The summed E-state index contributed by atoms with van der Waals surface area (Å²) >= 11 is 3.34. The summed E-state index contributed by atoms with van der Waals surface area (Å²) in [6.07, 6.45) is 1.24. The molecule has 0 aliphatic carbocycles. The van der Waals surface area contributed by atoms with Crippen molar-refractivity contribution in [1.82, 2.24) is 9.97 Å². The van der Waals surface area contributed by atoms with E-state index in [1.807, 2.05) is 31.2 Å². The van der Waals surface area contributed by atoms with Crippen molar-refractivity contribution in [3.05, 3.63) is 50.7 Å². The first-order valence-electron chi connectivity index (χ1n) is 6.22.